The Hall–Kier alpha value is -3.35. The number of carbonyl (C=O) groups is 3. The van der Waals surface area contributed by atoms with Gasteiger partial charge in [-0.15, -0.1) is 0 Å². The molecule has 4 unspecified atom stereocenters. The summed E-state index contributed by atoms with van der Waals surface area (Å²) in [6.07, 6.45) is 1.27. The molecule has 1 saturated heterocycles. The van der Waals surface area contributed by atoms with E-state index in [4.69, 9.17) is 4.74 Å². The van der Waals surface area contributed by atoms with Crippen molar-refractivity contribution in [2.45, 2.75) is 44.6 Å². The molecule has 2 N–H and O–H groups in total. The Kier molecular flexibility index (Phi) is 6.03. The Morgan fingerprint density at radius 3 is 2.29 bits per heavy atom. The molecule has 7 nitrogen and oxygen atoms in total. The van der Waals surface area contributed by atoms with E-state index >= 15 is 0 Å². The molecular formula is C28H32N2O5. The number of nitrogens with zero attached hydrogens (tertiary/aromatic N) is 1. The number of likely N-dealkylation sites (tertiary alicyclic amines) is 1. The topological polar surface area (TPSA) is 95.9 Å². The molecule has 1 aliphatic heterocycles. The van der Waals surface area contributed by atoms with Gasteiger partial charge in [0.2, 0.25) is 5.91 Å². The van der Waals surface area contributed by atoms with Crippen molar-refractivity contribution >= 4 is 18.0 Å². The van der Waals surface area contributed by atoms with E-state index < -0.39 is 17.6 Å². The number of hydrogen-bond acceptors (Lipinski definition) is 4. The second-order valence-corrected chi connectivity index (χ2v) is 10.3. The number of alkyl carbamates (subject to hydrolysis) is 1. The highest BCUT2D eigenvalue weighted by Gasteiger charge is 2.58. The van der Waals surface area contributed by atoms with Crippen molar-refractivity contribution in [2.75, 3.05) is 19.7 Å². The van der Waals surface area contributed by atoms with Crippen molar-refractivity contribution < 1.29 is 24.2 Å². The van der Waals surface area contributed by atoms with Gasteiger partial charge in [-0.25, -0.2) is 4.79 Å². The highest BCUT2D eigenvalue weighted by atomic mass is 16.5. The maximum absolute atomic E-state index is 13.5. The van der Waals surface area contributed by atoms with Crippen molar-refractivity contribution in [3.05, 3.63) is 59.7 Å². The standard InChI is InChI=1S/C28H32N2O5/c1-3-13-28(2,26(33)30-14-12-21-22(15-30)24(21)25(31)32)29-27(34)35-16-23-19-10-6-4-8-17(19)18-9-5-7-11-20(18)23/h4-11,21-24H,3,12-16H2,1-2H3,(H,29,34)(H,31,32). The number of carboxylic acids is 1. The van der Waals surface area contributed by atoms with Crippen molar-refractivity contribution in [3.63, 3.8) is 0 Å². The zero-order chi connectivity index (χ0) is 24.7. The molecule has 2 aromatic carbocycles. The minimum Gasteiger partial charge on any atom is -0.481 e. The number of ether oxygens (including phenoxy) is 1. The lowest BCUT2D eigenvalue weighted by Crippen LogP contribution is -2.59. The summed E-state index contributed by atoms with van der Waals surface area (Å²) < 4.78 is 5.70. The second kappa shape index (κ2) is 9.02. The Labute approximate surface area is 205 Å². The molecule has 2 fully saturated rings. The molecule has 1 heterocycles. The number of nitrogens with one attached hydrogen (secondary N) is 1. The first-order valence-electron chi connectivity index (χ1n) is 12.5. The zero-order valence-corrected chi connectivity index (χ0v) is 20.2. The third-order valence-corrected chi connectivity index (χ3v) is 8.01. The van der Waals surface area contributed by atoms with Gasteiger partial charge in [0.25, 0.3) is 0 Å². The molecule has 0 bridgehead atoms. The molecule has 5 rings (SSSR count). The first-order chi connectivity index (χ1) is 16.8. The van der Waals surface area contributed by atoms with E-state index in [1.54, 1.807) is 11.8 Å². The summed E-state index contributed by atoms with van der Waals surface area (Å²) in [7, 11) is 0. The van der Waals surface area contributed by atoms with Gasteiger partial charge in [0.15, 0.2) is 0 Å². The monoisotopic (exact) mass is 476 g/mol. The minimum absolute atomic E-state index is 0.0190. The summed E-state index contributed by atoms with van der Waals surface area (Å²) in [4.78, 5) is 39.5. The van der Waals surface area contributed by atoms with Gasteiger partial charge in [-0.2, -0.15) is 0 Å². The van der Waals surface area contributed by atoms with Crippen LogP contribution in [0.4, 0.5) is 4.79 Å². The van der Waals surface area contributed by atoms with Gasteiger partial charge in [0, 0.05) is 19.0 Å². The summed E-state index contributed by atoms with van der Waals surface area (Å²) in [6.45, 7) is 4.86. The maximum Gasteiger partial charge on any atom is 0.408 e. The molecule has 35 heavy (non-hydrogen) atoms. The number of carboxylic acid groups (broad SMARTS) is 1. The predicted molar refractivity (Wildman–Crippen MR) is 131 cm³/mol. The van der Waals surface area contributed by atoms with Crippen molar-refractivity contribution in [3.8, 4) is 11.1 Å². The van der Waals surface area contributed by atoms with Gasteiger partial charge in [0.05, 0.1) is 5.92 Å². The summed E-state index contributed by atoms with van der Waals surface area (Å²) in [5.74, 6) is -1.15. The van der Waals surface area contributed by atoms with Crippen LogP contribution >= 0.6 is 0 Å². The molecule has 0 aromatic heterocycles. The van der Waals surface area contributed by atoms with Crippen LogP contribution in [0, 0.1) is 17.8 Å². The second-order valence-electron chi connectivity index (χ2n) is 10.3. The third kappa shape index (κ3) is 4.17. The molecule has 2 amide bonds. The quantitative estimate of drug-likeness (QED) is 0.622. The molecular weight excluding hydrogens is 444 g/mol. The van der Waals surface area contributed by atoms with Gasteiger partial charge in [-0.05, 0) is 53.9 Å². The number of hydrogen-bond donors (Lipinski definition) is 2. The molecule has 1 saturated carbocycles. The van der Waals surface area contributed by atoms with Crippen molar-refractivity contribution in [1.82, 2.24) is 10.2 Å². The third-order valence-electron chi connectivity index (χ3n) is 8.01. The first kappa shape index (κ1) is 23.4. The lowest BCUT2D eigenvalue weighted by molar-refractivity contribution is -0.140. The van der Waals surface area contributed by atoms with Gasteiger partial charge >= 0.3 is 12.1 Å². The molecule has 0 radical (unpaired) electrons. The Bertz CT molecular complexity index is 1120. The van der Waals surface area contributed by atoms with E-state index in [0.717, 1.165) is 22.3 Å². The molecule has 2 aliphatic carbocycles. The number of aliphatic carboxylic acids is 1. The Balaban J connectivity index is 1.25. The van der Waals surface area contributed by atoms with E-state index in [1.165, 1.54) is 0 Å². The fraction of sp³-hybridized carbons (Fsp3) is 0.464. The average Bonchev–Trinajstić information content (AvgIpc) is 3.49. The molecule has 184 valence electrons. The van der Waals surface area contributed by atoms with Crippen LogP contribution in [0.15, 0.2) is 48.5 Å². The number of rotatable bonds is 7. The largest absolute Gasteiger partial charge is 0.481 e. The highest BCUT2D eigenvalue weighted by molar-refractivity contribution is 5.90. The minimum atomic E-state index is -1.10. The molecule has 0 spiro atoms. The summed E-state index contributed by atoms with van der Waals surface area (Å²) in [5, 5.41) is 12.2. The van der Waals surface area contributed by atoms with E-state index in [9.17, 15) is 19.5 Å². The summed E-state index contributed by atoms with van der Waals surface area (Å²) >= 11 is 0. The van der Waals surface area contributed by atoms with Crippen LogP contribution in [-0.4, -0.2) is 53.2 Å². The van der Waals surface area contributed by atoms with E-state index in [-0.39, 0.29) is 36.2 Å². The van der Waals surface area contributed by atoms with Gasteiger partial charge in [-0.3, -0.25) is 9.59 Å². The van der Waals surface area contributed by atoms with Crippen molar-refractivity contribution in [2.24, 2.45) is 17.8 Å². The number of piperidine rings is 1. The maximum atomic E-state index is 13.5. The normalized spacial score (nSPS) is 23.9. The molecule has 3 aliphatic rings. The zero-order valence-electron chi connectivity index (χ0n) is 20.2. The van der Waals surface area contributed by atoms with Crippen molar-refractivity contribution in [1.29, 1.82) is 0 Å². The summed E-state index contributed by atoms with van der Waals surface area (Å²) in [6, 6.07) is 16.3. The van der Waals surface area contributed by atoms with E-state index in [1.807, 2.05) is 31.2 Å². The lowest BCUT2D eigenvalue weighted by Gasteiger charge is -2.36. The number of amides is 2. The van der Waals surface area contributed by atoms with Crippen LogP contribution in [0.3, 0.4) is 0 Å². The van der Waals surface area contributed by atoms with Crippen LogP contribution in [-0.2, 0) is 14.3 Å². The van der Waals surface area contributed by atoms with Crippen LogP contribution in [0.1, 0.15) is 50.2 Å². The van der Waals surface area contributed by atoms with E-state index in [0.29, 0.717) is 32.4 Å². The van der Waals surface area contributed by atoms with Crippen LogP contribution < -0.4 is 5.32 Å². The highest BCUT2D eigenvalue weighted by Crippen LogP contribution is 2.52. The van der Waals surface area contributed by atoms with Gasteiger partial charge in [-0.1, -0.05) is 61.9 Å². The van der Waals surface area contributed by atoms with Crippen LogP contribution in [0.25, 0.3) is 11.1 Å². The van der Waals surface area contributed by atoms with Gasteiger partial charge in [0.1, 0.15) is 12.1 Å². The fourth-order valence-electron chi connectivity index (χ4n) is 6.22. The Morgan fingerprint density at radius 2 is 1.69 bits per heavy atom. The lowest BCUT2D eigenvalue weighted by atomic mass is 9.93. The Morgan fingerprint density at radius 1 is 1.06 bits per heavy atom. The summed E-state index contributed by atoms with van der Waals surface area (Å²) in [5.41, 5.74) is 3.48. The van der Waals surface area contributed by atoms with Crippen LogP contribution in [0.5, 0.6) is 0 Å². The first-order valence-corrected chi connectivity index (χ1v) is 12.5. The number of benzene rings is 2. The van der Waals surface area contributed by atoms with Crippen LogP contribution in [0.2, 0.25) is 0 Å². The fourth-order valence-corrected chi connectivity index (χ4v) is 6.22. The molecule has 2 aromatic rings. The molecule has 7 heteroatoms. The van der Waals surface area contributed by atoms with E-state index in [2.05, 4.69) is 29.6 Å². The van der Waals surface area contributed by atoms with Gasteiger partial charge < -0.3 is 20.1 Å². The smallest absolute Gasteiger partial charge is 0.408 e. The number of carbonyl (C=O) groups excluding carboxylic acids is 2. The molecule has 4 atom stereocenters. The SMILES string of the molecule is CCCC(C)(NC(=O)OCC1c2ccccc2-c2ccccc21)C(=O)N1CCC2C(C1)C2C(=O)O. The predicted octanol–water partition coefficient (Wildman–Crippen LogP) is 4.26. The number of fused-ring (bicyclic) bond motifs is 4. The average molecular weight is 477 g/mol.